The second kappa shape index (κ2) is 6.72. The number of nitrogens with zero attached hydrogens (tertiary/aromatic N) is 2. The van der Waals surface area contributed by atoms with E-state index >= 15 is 0 Å². The maximum atomic E-state index is 5.69. The third-order valence-corrected chi connectivity index (χ3v) is 3.75. The van der Waals surface area contributed by atoms with Crippen LogP contribution in [0.25, 0.3) is 0 Å². The highest BCUT2D eigenvalue weighted by molar-refractivity contribution is 5.26. The summed E-state index contributed by atoms with van der Waals surface area (Å²) in [4.78, 5) is 4.48. The van der Waals surface area contributed by atoms with Crippen molar-refractivity contribution in [3.8, 4) is 5.75 Å². The minimum Gasteiger partial charge on any atom is -0.493 e. The van der Waals surface area contributed by atoms with Crippen molar-refractivity contribution in [1.82, 2.24) is 15.5 Å². The Bertz CT molecular complexity index is 559. The van der Waals surface area contributed by atoms with Crippen LogP contribution >= 0.6 is 0 Å². The van der Waals surface area contributed by atoms with Crippen molar-refractivity contribution >= 4 is 0 Å². The summed E-state index contributed by atoms with van der Waals surface area (Å²) in [5.74, 6) is 2.72. The number of benzene rings is 1. The number of piperidine rings is 1. The average Bonchev–Trinajstić information content (AvgIpc) is 2.99. The predicted octanol–water partition coefficient (Wildman–Crippen LogP) is 2.47. The van der Waals surface area contributed by atoms with E-state index in [1.54, 1.807) is 0 Å². The van der Waals surface area contributed by atoms with Crippen LogP contribution in [0.2, 0.25) is 0 Å². The van der Waals surface area contributed by atoms with Crippen molar-refractivity contribution in [2.24, 2.45) is 0 Å². The Balaban J connectivity index is 1.49. The van der Waals surface area contributed by atoms with E-state index in [0.29, 0.717) is 18.9 Å². The van der Waals surface area contributed by atoms with Gasteiger partial charge >= 0.3 is 0 Å². The monoisotopic (exact) mass is 287 g/mol. The Morgan fingerprint density at radius 3 is 2.95 bits per heavy atom. The number of hydrogen-bond donors (Lipinski definition) is 1. The van der Waals surface area contributed by atoms with Crippen molar-refractivity contribution in [3.63, 3.8) is 0 Å². The number of rotatable bonds is 5. The molecule has 5 nitrogen and oxygen atoms in total. The van der Waals surface area contributed by atoms with Crippen LogP contribution < -0.4 is 10.1 Å². The highest BCUT2D eigenvalue weighted by Crippen LogP contribution is 2.21. The van der Waals surface area contributed by atoms with E-state index in [4.69, 9.17) is 9.26 Å². The summed E-state index contributed by atoms with van der Waals surface area (Å²) < 4.78 is 11.1. The standard InChI is InChI=1S/C16H21N3O2/c1-12-4-6-14(7-5-12)20-10-8-15-18-16(21-19-15)13-3-2-9-17-11-13/h4-7,13,17H,2-3,8-11H2,1H3. The van der Waals surface area contributed by atoms with Crippen LogP contribution in [0.15, 0.2) is 28.8 Å². The Labute approximate surface area is 124 Å². The van der Waals surface area contributed by atoms with Gasteiger partial charge < -0.3 is 14.6 Å². The molecule has 21 heavy (non-hydrogen) atoms. The first-order valence-corrected chi connectivity index (χ1v) is 7.54. The molecule has 1 unspecified atom stereocenters. The van der Waals surface area contributed by atoms with Crippen LogP contribution in [0.1, 0.15) is 36.0 Å². The van der Waals surface area contributed by atoms with E-state index in [0.717, 1.165) is 37.0 Å². The third kappa shape index (κ3) is 3.82. The Morgan fingerprint density at radius 1 is 1.33 bits per heavy atom. The van der Waals surface area contributed by atoms with E-state index < -0.39 is 0 Å². The van der Waals surface area contributed by atoms with Crippen LogP contribution in [0.5, 0.6) is 5.75 Å². The van der Waals surface area contributed by atoms with Crippen molar-refractivity contribution in [2.45, 2.75) is 32.1 Å². The molecule has 1 aliphatic rings. The fourth-order valence-electron chi connectivity index (χ4n) is 2.49. The molecule has 0 amide bonds. The maximum Gasteiger partial charge on any atom is 0.231 e. The third-order valence-electron chi connectivity index (χ3n) is 3.75. The Kier molecular flexibility index (Phi) is 4.50. The molecule has 2 heterocycles. The lowest BCUT2D eigenvalue weighted by molar-refractivity contribution is 0.306. The van der Waals surface area contributed by atoms with Crippen LogP contribution in [0.4, 0.5) is 0 Å². The van der Waals surface area contributed by atoms with E-state index in [9.17, 15) is 0 Å². The van der Waals surface area contributed by atoms with Crippen LogP contribution in [0, 0.1) is 6.92 Å². The molecule has 0 saturated carbocycles. The van der Waals surface area contributed by atoms with Gasteiger partial charge in [0.05, 0.1) is 12.5 Å². The minimum atomic E-state index is 0.359. The first kappa shape index (κ1) is 14.1. The average molecular weight is 287 g/mol. The van der Waals surface area contributed by atoms with Gasteiger partial charge in [-0.2, -0.15) is 4.98 Å². The highest BCUT2D eigenvalue weighted by Gasteiger charge is 2.21. The minimum absolute atomic E-state index is 0.359. The van der Waals surface area contributed by atoms with Gasteiger partial charge in [-0.1, -0.05) is 22.9 Å². The lowest BCUT2D eigenvalue weighted by Gasteiger charge is -2.18. The largest absolute Gasteiger partial charge is 0.493 e. The molecule has 1 atom stereocenters. The zero-order chi connectivity index (χ0) is 14.5. The molecule has 2 aromatic rings. The fourth-order valence-corrected chi connectivity index (χ4v) is 2.49. The molecule has 5 heteroatoms. The molecule has 3 rings (SSSR count). The molecule has 1 aromatic carbocycles. The van der Waals surface area contributed by atoms with Gasteiger partial charge in [0.1, 0.15) is 5.75 Å². The normalized spacial score (nSPS) is 18.6. The molecule has 1 N–H and O–H groups in total. The van der Waals surface area contributed by atoms with E-state index in [1.807, 2.05) is 24.3 Å². The van der Waals surface area contributed by atoms with Gasteiger partial charge in [-0.3, -0.25) is 0 Å². The highest BCUT2D eigenvalue weighted by atomic mass is 16.5. The van der Waals surface area contributed by atoms with Crippen LogP contribution in [-0.2, 0) is 6.42 Å². The summed E-state index contributed by atoms with van der Waals surface area (Å²) >= 11 is 0. The van der Waals surface area contributed by atoms with E-state index in [1.165, 1.54) is 12.0 Å². The van der Waals surface area contributed by atoms with Crippen molar-refractivity contribution in [1.29, 1.82) is 0 Å². The summed E-state index contributed by atoms with van der Waals surface area (Å²) in [6, 6.07) is 8.03. The van der Waals surface area contributed by atoms with Crippen molar-refractivity contribution in [3.05, 3.63) is 41.5 Å². The smallest absolute Gasteiger partial charge is 0.231 e. The summed E-state index contributed by atoms with van der Waals surface area (Å²) in [6.45, 7) is 4.64. The lowest BCUT2D eigenvalue weighted by atomic mass is 10.00. The van der Waals surface area contributed by atoms with Gasteiger partial charge in [-0.25, -0.2) is 0 Å². The first-order chi connectivity index (χ1) is 10.3. The summed E-state index contributed by atoms with van der Waals surface area (Å²) in [6.07, 6.45) is 2.95. The lowest BCUT2D eigenvalue weighted by Crippen LogP contribution is -2.28. The Morgan fingerprint density at radius 2 is 2.19 bits per heavy atom. The molecule has 1 saturated heterocycles. The van der Waals surface area contributed by atoms with Gasteiger partial charge in [-0.15, -0.1) is 0 Å². The molecule has 0 radical (unpaired) electrons. The number of aryl methyl sites for hydroxylation is 1. The number of ether oxygens (including phenoxy) is 1. The van der Waals surface area contributed by atoms with E-state index in [2.05, 4.69) is 22.4 Å². The van der Waals surface area contributed by atoms with Crippen molar-refractivity contribution < 1.29 is 9.26 Å². The topological polar surface area (TPSA) is 60.2 Å². The maximum absolute atomic E-state index is 5.69. The van der Waals surface area contributed by atoms with Crippen molar-refractivity contribution in [2.75, 3.05) is 19.7 Å². The van der Waals surface area contributed by atoms with E-state index in [-0.39, 0.29) is 0 Å². The van der Waals surface area contributed by atoms with Gasteiger partial charge in [-0.05, 0) is 38.4 Å². The van der Waals surface area contributed by atoms with Gasteiger partial charge in [0.25, 0.3) is 0 Å². The second-order valence-corrected chi connectivity index (χ2v) is 5.50. The van der Waals surface area contributed by atoms with Gasteiger partial charge in [0, 0.05) is 13.0 Å². The van der Waals surface area contributed by atoms with Gasteiger partial charge in [0.2, 0.25) is 5.89 Å². The molecule has 0 aliphatic carbocycles. The Hall–Kier alpha value is -1.88. The predicted molar refractivity (Wildman–Crippen MR) is 79.5 cm³/mol. The van der Waals surface area contributed by atoms with Crippen LogP contribution in [-0.4, -0.2) is 29.8 Å². The zero-order valence-corrected chi connectivity index (χ0v) is 12.3. The number of nitrogens with one attached hydrogen (secondary N) is 1. The quantitative estimate of drug-likeness (QED) is 0.915. The molecule has 112 valence electrons. The molecule has 1 aliphatic heterocycles. The first-order valence-electron chi connectivity index (χ1n) is 7.54. The molecular formula is C16H21N3O2. The SMILES string of the molecule is Cc1ccc(OCCc2noc(C3CCCNC3)n2)cc1. The fraction of sp³-hybridized carbons (Fsp3) is 0.500. The second-order valence-electron chi connectivity index (χ2n) is 5.50. The zero-order valence-electron chi connectivity index (χ0n) is 12.3. The number of hydrogen-bond acceptors (Lipinski definition) is 5. The summed E-state index contributed by atoms with van der Waals surface area (Å²) in [7, 11) is 0. The molecule has 0 bridgehead atoms. The van der Waals surface area contributed by atoms with Crippen LogP contribution in [0.3, 0.4) is 0 Å². The summed E-state index contributed by atoms with van der Waals surface area (Å²) in [5.41, 5.74) is 1.23. The molecular weight excluding hydrogens is 266 g/mol. The van der Waals surface area contributed by atoms with Gasteiger partial charge in [0.15, 0.2) is 5.82 Å². The summed E-state index contributed by atoms with van der Waals surface area (Å²) in [5, 5.41) is 7.40. The molecule has 1 aromatic heterocycles. The number of aromatic nitrogens is 2. The molecule has 1 fully saturated rings. The molecule has 0 spiro atoms.